The van der Waals surface area contributed by atoms with E-state index < -0.39 is 17.9 Å². The number of hydrogen-bond acceptors (Lipinski definition) is 6. The summed E-state index contributed by atoms with van der Waals surface area (Å²) in [7, 11) is 1.20. The summed E-state index contributed by atoms with van der Waals surface area (Å²) in [6.45, 7) is 3.09. The number of carbonyl (C=O) groups is 3. The third-order valence-electron chi connectivity index (χ3n) is 1.14. The van der Waals surface area contributed by atoms with Crippen LogP contribution >= 0.6 is 0 Å². The zero-order valence-corrected chi connectivity index (χ0v) is 7.65. The molecule has 0 aromatic rings. The first-order chi connectivity index (χ1) is 6.60. The van der Waals surface area contributed by atoms with Crippen molar-refractivity contribution in [2.45, 2.75) is 12.8 Å². The van der Waals surface area contributed by atoms with E-state index in [1.54, 1.807) is 0 Å². The summed E-state index contributed by atoms with van der Waals surface area (Å²) < 4.78 is 4.28. The molecular formula is C8H10O6. The van der Waals surface area contributed by atoms with Gasteiger partial charge in [-0.05, 0) is 0 Å². The Kier molecular flexibility index (Phi) is 5.77. The van der Waals surface area contributed by atoms with Crippen LogP contribution in [0.5, 0.6) is 0 Å². The minimum absolute atomic E-state index is 0.124. The summed E-state index contributed by atoms with van der Waals surface area (Å²) in [5, 5.41) is 0. The molecule has 0 aromatic carbocycles. The highest BCUT2D eigenvalue weighted by atomic mass is 17.2. The van der Waals surface area contributed by atoms with Crippen molar-refractivity contribution in [2.24, 2.45) is 0 Å². The zero-order chi connectivity index (χ0) is 11.0. The molecule has 0 amide bonds. The number of hydrogen-bond donors (Lipinski definition) is 0. The smallest absolute Gasteiger partial charge is 0.378 e. The minimum atomic E-state index is -0.878. The second kappa shape index (κ2) is 6.64. The van der Waals surface area contributed by atoms with Crippen molar-refractivity contribution in [1.82, 2.24) is 0 Å². The molecule has 0 rings (SSSR count). The van der Waals surface area contributed by atoms with E-state index in [0.717, 1.165) is 6.08 Å². The Morgan fingerprint density at radius 3 is 2.21 bits per heavy atom. The van der Waals surface area contributed by atoms with Crippen molar-refractivity contribution in [1.29, 1.82) is 0 Å². The maximum atomic E-state index is 10.7. The predicted molar refractivity (Wildman–Crippen MR) is 43.6 cm³/mol. The highest BCUT2D eigenvalue weighted by Gasteiger charge is 2.10. The van der Waals surface area contributed by atoms with Crippen LogP contribution in [0.15, 0.2) is 12.7 Å². The average molecular weight is 202 g/mol. The molecule has 78 valence electrons. The van der Waals surface area contributed by atoms with Crippen LogP contribution in [0.2, 0.25) is 0 Å². The molecule has 0 saturated carbocycles. The Morgan fingerprint density at radius 1 is 1.14 bits per heavy atom. The molecule has 0 aliphatic heterocycles. The lowest BCUT2D eigenvalue weighted by atomic mass is 10.3. The molecule has 0 N–H and O–H groups in total. The largest absolute Gasteiger partial charge is 0.469 e. The number of carbonyl (C=O) groups excluding carboxylic acids is 3. The Labute approximate surface area is 80.4 Å². The van der Waals surface area contributed by atoms with Gasteiger partial charge in [0.05, 0.1) is 20.0 Å². The summed E-state index contributed by atoms with van der Waals surface area (Å²) >= 11 is 0. The lowest BCUT2D eigenvalue weighted by molar-refractivity contribution is -0.255. The van der Waals surface area contributed by atoms with Gasteiger partial charge < -0.3 is 4.74 Å². The topological polar surface area (TPSA) is 78.9 Å². The lowest BCUT2D eigenvalue weighted by Gasteiger charge is -1.99. The van der Waals surface area contributed by atoms with E-state index in [4.69, 9.17) is 0 Å². The number of methoxy groups -OCH3 is 1. The molecule has 0 aliphatic rings. The molecule has 6 heteroatoms. The average Bonchev–Trinajstić information content (AvgIpc) is 2.22. The molecule has 6 nitrogen and oxygen atoms in total. The van der Waals surface area contributed by atoms with Crippen LogP contribution < -0.4 is 0 Å². The quantitative estimate of drug-likeness (QED) is 0.279. The number of ether oxygens (including phenoxy) is 1. The van der Waals surface area contributed by atoms with Crippen LogP contribution in [0.1, 0.15) is 12.8 Å². The van der Waals surface area contributed by atoms with Gasteiger partial charge in [0.1, 0.15) is 0 Å². The fourth-order valence-corrected chi connectivity index (χ4v) is 0.469. The molecule has 0 aromatic heterocycles. The maximum Gasteiger partial charge on any atom is 0.378 e. The van der Waals surface area contributed by atoms with E-state index in [9.17, 15) is 14.4 Å². The molecule has 14 heavy (non-hydrogen) atoms. The summed E-state index contributed by atoms with van der Waals surface area (Å²) in [5.41, 5.74) is 0. The van der Waals surface area contributed by atoms with Gasteiger partial charge in [-0.25, -0.2) is 19.4 Å². The summed E-state index contributed by atoms with van der Waals surface area (Å²) in [6.07, 6.45) is 0.506. The van der Waals surface area contributed by atoms with Crippen LogP contribution in [-0.2, 0) is 28.9 Å². The Hall–Kier alpha value is -1.85. The van der Waals surface area contributed by atoms with E-state index in [2.05, 4.69) is 21.1 Å². The molecule has 0 aliphatic carbocycles. The first-order valence-corrected chi connectivity index (χ1v) is 3.70. The van der Waals surface area contributed by atoms with Gasteiger partial charge in [-0.1, -0.05) is 6.58 Å². The second-order valence-corrected chi connectivity index (χ2v) is 2.14. The highest BCUT2D eigenvalue weighted by molar-refractivity contribution is 5.82. The van der Waals surface area contributed by atoms with Gasteiger partial charge in [0.25, 0.3) is 0 Å². The molecule has 0 spiro atoms. The van der Waals surface area contributed by atoms with Crippen LogP contribution in [0.25, 0.3) is 0 Å². The molecule has 0 atom stereocenters. The Morgan fingerprint density at radius 2 is 1.71 bits per heavy atom. The fourth-order valence-electron chi connectivity index (χ4n) is 0.469. The first-order valence-electron chi connectivity index (χ1n) is 3.70. The van der Waals surface area contributed by atoms with Crippen molar-refractivity contribution in [3.05, 3.63) is 12.7 Å². The van der Waals surface area contributed by atoms with Crippen LogP contribution in [0.4, 0.5) is 0 Å². The Bertz CT molecular complexity index is 244. The molecule has 0 saturated heterocycles. The second-order valence-electron chi connectivity index (χ2n) is 2.14. The van der Waals surface area contributed by atoms with E-state index in [1.165, 1.54) is 7.11 Å². The van der Waals surface area contributed by atoms with E-state index in [1.807, 2.05) is 0 Å². The van der Waals surface area contributed by atoms with Crippen molar-refractivity contribution in [2.75, 3.05) is 7.11 Å². The molecule has 0 fully saturated rings. The summed E-state index contributed by atoms with van der Waals surface area (Å²) in [4.78, 5) is 39.7. The number of esters is 1. The minimum Gasteiger partial charge on any atom is -0.469 e. The normalized spacial score (nSPS) is 8.64. The standard InChI is InChI=1S/C8H10O6/c1-3-6(9)13-14-8(11)5-4-7(10)12-2/h3H,1,4-5H2,2H3. The molecule has 0 bridgehead atoms. The van der Waals surface area contributed by atoms with Crippen molar-refractivity contribution in [3.8, 4) is 0 Å². The van der Waals surface area contributed by atoms with Gasteiger partial charge in [-0.15, -0.1) is 0 Å². The monoisotopic (exact) mass is 202 g/mol. The van der Waals surface area contributed by atoms with Gasteiger partial charge in [-0.3, -0.25) is 4.79 Å². The predicted octanol–water partition coefficient (Wildman–Crippen LogP) is 0.127. The third kappa shape index (κ3) is 5.76. The highest BCUT2D eigenvalue weighted by Crippen LogP contribution is 1.95. The van der Waals surface area contributed by atoms with Gasteiger partial charge in [0.2, 0.25) is 0 Å². The van der Waals surface area contributed by atoms with E-state index in [0.29, 0.717) is 0 Å². The maximum absolute atomic E-state index is 10.7. The van der Waals surface area contributed by atoms with E-state index >= 15 is 0 Å². The summed E-state index contributed by atoms with van der Waals surface area (Å²) in [5.74, 6) is -2.25. The zero-order valence-electron chi connectivity index (χ0n) is 7.65. The third-order valence-corrected chi connectivity index (χ3v) is 1.14. The van der Waals surface area contributed by atoms with Crippen LogP contribution in [0, 0.1) is 0 Å². The fraction of sp³-hybridized carbons (Fsp3) is 0.375. The molecule has 0 unspecified atom stereocenters. The lowest BCUT2D eigenvalue weighted by Crippen LogP contribution is -2.11. The number of rotatable bonds is 4. The first kappa shape index (κ1) is 12.2. The molecule has 0 heterocycles. The van der Waals surface area contributed by atoms with Gasteiger partial charge in [-0.2, -0.15) is 0 Å². The van der Waals surface area contributed by atoms with Crippen molar-refractivity contribution < 1.29 is 28.9 Å². The molecule has 0 radical (unpaired) electrons. The van der Waals surface area contributed by atoms with Crippen LogP contribution in [0.3, 0.4) is 0 Å². The van der Waals surface area contributed by atoms with Crippen molar-refractivity contribution in [3.63, 3.8) is 0 Å². The van der Waals surface area contributed by atoms with Gasteiger partial charge in [0, 0.05) is 6.08 Å². The van der Waals surface area contributed by atoms with Gasteiger partial charge >= 0.3 is 17.9 Å². The summed E-state index contributed by atoms with van der Waals surface area (Å²) in [6, 6.07) is 0. The molecular weight excluding hydrogens is 192 g/mol. The SMILES string of the molecule is C=CC(=O)OOC(=O)CCC(=O)OC. The van der Waals surface area contributed by atoms with E-state index in [-0.39, 0.29) is 12.8 Å². The Balaban J connectivity index is 3.61. The van der Waals surface area contributed by atoms with Gasteiger partial charge in [0.15, 0.2) is 0 Å². The van der Waals surface area contributed by atoms with Crippen LogP contribution in [-0.4, -0.2) is 25.0 Å². The van der Waals surface area contributed by atoms with Crippen molar-refractivity contribution >= 4 is 17.9 Å².